The first-order valence-corrected chi connectivity index (χ1v) is 8.06. The van der Waals surface area contributed by atoms with Gasteiger partial charge in [-0.2, -0.15) is 8.42 Å². The lowest BCUT2D eigenvalue weighted by atomic mass is 10.0. The zero-order chi connectivity index (χ0) is 13.3. The highest BCUT2D eigenvalue weighted by Crippen LogP contribution is 2.17. The minimum Gasteiger partial charge on any atom is -0.393 e. The van der Waals surface area contributed by atoms with Gasteiger partial charge in [0, 0.05) is 0 Å². The maximum Gasteiger partial charge on any atom is 0.267 e. The third-order valence-corrected chi connectivity index (χ3v) is 4.33. The van der Waals surface area contributed by atoms with Crippen molar-refractivity contribution < 1.29 is 18.1 Å². The molecule has 0 heterocycles. The molecule has 0 spiro atoms. The molecule has 104 valence electrons. The van der Waals surface area contributed by atoms with Gasteiger partial charge in [0.2, 0.25) is 0 Å². The molecule has 2 unspecified atom stereocenters. The summed E-state index contributed by atoms with van der Waals surface area (Å²) in [6.45, 7) is 4.03. The van der Waals surface area contributed by atoms with Crippen molar-refractivity contribution in [2.75, 3.05) is 0 Å². The first kappa shape index (κ1) is 16.9. The first-order valence-electron chi connectivity index (χ1n) is 6.56. The second kappa shape index (κ2) is 8.89. The van der Waals surface area contributed by atoms with Gasteiger partial charge in [-0.15, -0.1) is 0 Å². The SMILES string of the molecule is CCCCC(O)CCC(CCCC)S(=O)(=O)O. The van der Waals surface area contributed by atoms with Gasteiger partial charge in [0.1, 0.15) is 0 Å². The third kappa shape index (κ3) is 8.57. The van der Waals surface area contributed by atoms with E-state index in [0.717, 1.165) is 25.7 Å². The molecular weight excluding hydrogens is 240 g/mol. The Hall–Kier alpha value is -0.130. The molecule has 0 bridgehead atoms. The molecule has 0 amide bonds. The summed E-state index contributed by atoms with van der Waals surface area (Å²) in [5, 5.41) is 8.93. The molecule has 17 heavy (non-hydrogen) atoms. The van der Waals surface area contributed by atoms with Gasteiger partial charge in [0.25, 0.3) is 10.1 Å². The summed E-state index contributed by atoms with van der Waals surface area (Å²) >= 11 is 0. The standard InChI is InChI=1S/C12H26O4S/c1-3-5-7-11(13)9-10-12(8-6-4-2)17(14,15)16/h11-13H,3-10H2,1-2H3,(H,14,15,16). The van der Waals surface area contributed by atoms with E-state index in [-0.39, 0.29) is 0 Å². The van der Waals surface area contributed by atoms with E-state index in [1.807, 2.05) is 6.92 Å². The number of hydrogen-bond donors (Lipinski definition) is 2. The largest absolute Gasteiger partial charge is 0.393 e. The number of hydrogen-bond acceptors (Lipinski definition) is 3. The highest BCUT2D eigenvalue weighted by molar-refractivity contribution is 7.86. The Morgan fingerprint density at radius 3 is 1.94 bits per heavy atom. The zero-order valence-electron chi connectivity index (χ0n) is 10.9. The van der Waals surface area contributed by atoms with Crippen LogP contribution in [0.4, 0.5) is 0 Å². The number of aliphatic hydroxyl groups excluding tert-OH is 1. The summed E-state index contributed by atoms with van der Waals surface area (Å²) in [6.07, 6.45) is 5.22. The van der Waals surface area contributed by atoms with Gasteiger partial charge < -0.3 is 5.11 Å². The summed E-state index contributed by atoms with van der Waals surface area (Å²) in [5.74, 6) is 0. The molecule has 0 saturated heterocycles. The fraction of sp³-hybridized carbons (Fsp3) is 1.00. The fourth-order valence-electron chi connectivity index (χ4n) is 1.84. The Labute approximate surface area is 105 Å². The lowest BCUT2D eigenvalue weighted by molar-refractivity contribution is 0.148. The summed E-state index contributed by atoms with van der Waals surface area (Å²) in [7, 11) is -3.96. The van der Waals surface area contributed by atoms with Gasteiger partial charge in [-0.1, -0.05) is 39.5 Å². The van der Waals surface area contributed by atoms with Gasteiger partial charge in [-0.05, 0) is 25.7 Å². The Kier molecular flexibility index (Phi) is 8.82. The van der Waals surface area contributed by atoms with Crippen LogP contribution >= 0.6 is 0 Å². The molecule has 0 rings (SSSR count). The van der Waals surface area contributed by atoms with Gasteiger partial charge in [-0.3, -0.25) is 4.55 Å². The quantitative estimate of drug-likeness (QED) is 0.596. The summed E-state index contributed by atoms with van der Waals surface area (Å²) in [4.78, 5) is 0. The van der Waals surface area contributed by atoms with E-state index < -0.39 is 21.5 Å². The number of aliphatic hydroxyl groups is 1. The van der Waals surface area contributed by atoms with Gasteiger partial charge in [-0.25, -0.2) is 0 Å². The first-order chi connectivity index (χ1) is 7.91. The van der Waals surface area contributed by atoms with Crippen molar-refractivity contribution in [1.29, 1.82) is 0 Å². The minimum absolute atomic E-state index is 0.351. The van der Waals surface area contributed by atoms with Crippen LogP contribution in [0, 0.1) is 0 Å². The van der Waals surface area contributed by atoms with E-state index in [1.165, 1.54) is 0 Å². The molecular formula is C12H26O4S. The third-order valence-electron chi connectivity index (χ3n) is 3.01. The van der Waals surface area contributed by atoms with Gasteiger partial charge in [0.15, 0.2) is 0 Å². The molecule has 0 aromatic carbocycles. The van der Waals surface area contributed by atoms with Crippen LogP contribution < -0.4 is 0 Å². The normalized spacial score (nSPS) is 15.8. The van der Waals surface area contributed by atoms with E-state index >= 15 is 0 Å². The van der Waals surface area contributed by atoms with Crippen molar-refractivity contribution in [3.05, 3.63) is 0 Å². The average Bonchev–Trinajstić information content (AvgIpc) is 2.24. The van der Waals surface area contributed by atoms with Crippen LogP contribution in [0.5, 0.6) is 0 Å². The predicted octanol–water partition coefficient (Wildman–Crippen LogP) is 2.76. The predicted molar refractivity (Wildman–Crippen MR) is 69.6 cm³/mol. The molecule has 0 aliphatic carbocycles. The zero-order valence-corrected chi connectivity index (χ0v) is 11.7. The lowest BCUT2D eigenvalue weighted by Crippen LogP contribution is -2.22. The monoisotopic (exact) mass is 266 g/mol. The van der Waals surface area contributed by atoms with Crippen molar-refractivity contribution in [2.24, 2.45) is 0 Å². The Bertz CT molecular complexity index is 274. The highest BCUT2D eigenvalue weighted by Gasteiger charge is 2.22. The van der Waals surface area contributed by atoms with Crippen molar-refractivity contribution in [2.45, 2.75) is 76.6 Å². The number of unbranched alkanes of at least 4 members (excludes halogenated alkanes) is 2. The van der Waals surface area contributed by atoms with E-state index in [0.29, 0.717) is 25.7 Å². The van der Waals surface area contributed by atoms with Crippen LogP contribution in [0.2, 0.25) is 0 Å². The second-order valence-corrected chi connectivity index (χ2v) is 6.35. The van der Waals surface area contributed by atoms with Crippen LogP contribution in [0.3, 0.4) is 0 Å². The van der Waals surface area contributed by atoms with Crippen molar-refractivity contribution in [1.82, 2.24) is 0 Å². The molecule has 0 radical (unpaired) electrons. The molecule has 0 fully saturated rings. The summed E-state index contributed by atoms with van der Waals surface area (Å²) in [6, 6.07) is 0. The maximum atomic E-state index is 11.1. The van der Waals surface area contributed by atoms with Crippen LogP contribution in [-0.2, 0) is 10.1 Å². The molecule has 2 N–H and O–H groups in total. The molecule has 5 heteroatoms. The van der Waals surface area contributed by atoms with E-state index in [4.69, 9.17) is 4.55 Å². The van der Waals surface area contributed by atoms with Crippen LogP contribution in [0.25, 0.3) is 0 Å². The van der Waals surface area contributed by atoms with E-state index in [2.05, 4.69) is 6.92 Å². The second-order valence-electron chi connectivity index (χ2n) is 4.65. The molecule has 0 aliphatic rings. The Balaban J connectivity index is 4.08. The van der Waals surface area contributed by atoms with E-state index in [9.17, 15) is 13.5 Å². The average molecular weight is 266 g/mol. The molecule has 0 saturated carbocycles. The van der Waals surface area contributed by atoms with Gasteiger partial charge >= 0.3 is 0 Å². The molecule has 4 nitrogen and oxygen atoms in total. The molecule has 0 aliphatic heterocycles. The number of rotatable bonds is 10. The summed E-state index contributed by atoms with van der Waals surface area (Å²) in [5.41, 5.74) is 0. The maximum absolute atomic E-state index is 11.1. The van der Waals surface area contributed by atoms with Gasteiger partial charge in [0.05, 0.1) is 11.4 Å². The van der Waals surface area contributed by atoms with Crippen molar-refractivity contribution in [3.8, 4) is 0 Å². The molecule has 2 atom stereocenters. The van der Waals surface area contributed by atoms with Crippen molar-refractivity contribution in [3.63, 3.8) is 0 Å². The Morgan fingerprint density at radius 2 is 1.47 bits per heavy atom. The topological polar surface area (TPSA) is 74.6 Å². The van der Waals surface area contributed by atoms with Crippen LogP contribution in [0.15, 0.2) is 0 Å². The minimum atomic E-state index is -3.96. The van der Waals surface area contributed by atoms with Crippen LogP contribution in [0.1, 0.15) is 65.2 Å². The van der Waals surface area contributed by atoms with Crippen LogP contribution in [-0.4, -0.2) is 29.4 Å². The molecule has 0 aromatic heterocycles. The van der Waals surface area contributed by atoms with Crippen molar-refractivity contribution >= 4 is 10.1 Å². The highest BCUT2D eigenvalue weighted by atomic mass is 32.2. The smallest absolute Gasteiger partial charge is 0.267 e. The lowest BCUT2D eigenvalue weighted by Gasteiger charge is -2.16. The summed E-state index contributed by atoms with van der Waals surface area (Å²) < 4.78 is 31.4. The molecule has 0 aromatic rings. The Morgan fingerprint density at radius 1 is 0.941 bits per heavy atom. The fourth-order valence-corrected chi connectivity index (χ4v) is 2.73. The van der Waals surface area contributed by atoms with E-state index in [1.54, 1.807) is 0 Å².